The number of amides is 1. The van der Waals surface area contributed by atoms with Crippen molar-refractivity contribution in [3.05, 3.63) is 23.8 Å². The highest BCUT2D eigenvalue weighted by Gasteiger charge is 2.38. The molecule has 0 unspecified atom stereocenters. The quantitative estimate of drug-likeness (QED) is 0.735. The molecule has 0 bridgehead atoms. The Morgan fingerprint density at radius 1 is 1.20 bits per heavy atom. The minimum absolute atomic E-state index is 0.0410. The zero-order valence-electron chi connectivity index (χ0n) is 11.2. The molecule has 20 heavy (non-hydrogen) atoms. The highest BCUT2D eigenvalue weighted by molar-refractivity contribution is 6.04. The zero-order valence-corrected chi connectivity index (χ0v) is 11.2. The van der Waals surface area contributed by atoms with Crippen molar-refractivity contribution < 1.29 is 14.7 Å². The van der Waals surface area contributed by atoms with Gasteiger partial charge < -0.3 is 15.7 Å². The Kier molecular flexibility index (Phi) is 3.12. The lowest BCUT2D eigenvalue weighted by Crippen LogP contribution is -2.42. The van der Waals surface area contributed by atoms with Crippen LogP contribution in [0.4, 0.5) is 11.4 Å². The second-order valence-electron chi connectivity index (χ2n) is 5.72. The fourth-order valence-corrected chi connectivity index (χ4v) is 3.31. The van der Waals surface area contributed by atoms with Gasteiger partial charge in [0.15, 0.2) is 0 Å². The molecule has 1 aromatic carbocycles. The van der Waals surface area contributed by atoms with Gasteiger partial charge >= 0.3 is 5.97 Å². The Morgan fingerprint density at radius 3 is 2.65 bits per heavy atom. The van der Waals surface area contributed by atoms with E-state index in [1.165, 1.54) is 6.42 Å². The Labute approximate surface area is 117 Å². The van der Waals surface area contributed by atoms with Crippen LogP contribution in [0.3, 0.4) is 0 Å². The van der Waals surface area contributed by atoms with Gasteiger partial charge in [-0.05, 0) is 25.0 Å². The number of nitrogens with one attached hydrogen (secondary N) is 2. The van der Waals surface area contributed by atoms with Crippen molar-refractivity contribution in [2.45, 2.75) is 44.1 Å². The van der Waals surface area contributed by atoms with Gasteiger partial charge in [0.2, 0.25) is 5.91 Å². The number of hydrogen-bond donors (Lipinski definition) is 3. The molecule has 0 saturated heterocycles. The molecule has 106 valence electrons. The van der Waals surface area contributed by atoms with Gasteiger partial charge in [0, 0.05) is 12.0 Å². The van der Waals surface area contributed by atoms with Gasteiger partial charge in [-0.2, -0.15) is 0 Å². The van der Waals surface area contributed by atoms with Crippen molar-refractivity contribution in [1.29, 1.82) is 0 Å². The van der Waals surface area contributed by atoms with E-state index in [0.717, 1.165) is 25.7 Å². The van der Waals surface area contributed by atoms with Crippen molar-refractivity contribution >= 4 is 23.3 Å². The van der Waals surface area contributed by atoms with E-state index in [4.69, 9.17) is 0 Å². The third-order valence-electron chi connectivity index (χ3n) is 4.27. The van der Waals surface area contributed by atoms with E-state index in [-0.39, 0.29) is 17.0 Å². The number of fused-ring (bicyclic) bond motifs is 1. The number of carbonyl (C=O) groups is 2. The first kappa shape index (κ1) is 13.0. The van der Waals surface area contributed by atoms with Crippen molar-refractivity contribution in [2.75, 3.05) is 10.6 Å². The van der Waals surface area contributed by atoms with Crippen molar-refractivity contribution in [1.82, 2.24) is 0 Å². The summed E-state index contributed by atoms with van der Waals surface area (Å²) in [7, 11) is 0. The van der Waals surface area contributed by atoms with Crippen molar-refractivity contribution in [3.63, 3.8) is 0 Å². The van der Waals surface area contributed by atoms with Crippen LogP contribution in [0, 0.1) is 0 Å². The molecule has 0 atom stereocenters. The molecule has 1 fully saturated rings. The van der Waals surface area contributed by atoms with Gasteiger partial charge in [-0.1, -0.05) is 25.3 Å². The highest BCUT2D eigenvalue weighted by Crippen LogP contribution is 2.40. The lowest BCUT2D eigenvalue weighted by Gasteiger charge is -2.37. The monoisotopic (exact) mass is 274 g/mol. The van der Waals surface area contributed by atoms with E-state index in [0.29, 0.717) is 17.8 Å². The van der Waals surface area contributed by atoms with E-state index < -0.39 is 5.97 Å². The summed E-state index contributed by atoms with van der Waals surface area (Å²) in [5.41, 5.74) is 1.04. The molecule has 5 nitrogen and oxygen atoms in total. The highest BCUT2D eigenvalue weighted by atomic mass is 16.4. The molecule has 1 spiro atoms. The van der Waals surface area contributed by atoms with Gasteiger partial charge in [-0.25, -0.2) is 4.79 Å². The summed E-state index contributed by atoms with van der Waals surface area (Å²) in [6.07, 6.45) is 5.55. The molecule has 0 radical (unpaired) electrons. The Morgan fingerprint density at radius 2 is 1.95 bits per heavy atom. The Balaban J connectivity index is 2.06. The second-order valence-corrected chi connectivity index (χ2v) is 5.72. The molecule has 1 aromatic rings. The fraction of sp³-hybridized carbons (Fsp3) is 0.467. The molecule has 3 rings (SSSR count). The zero-order chi connectivity index (χ0) is 14.2. The largest absolute Gasteiger partial charge is 0.478 e. The summed E-state index contributed by atoms with van der Waals surface area (Å²) in [5.74, 6) is -1.02. The summed E-state index contributed by atoms with van der Waals surface area (Å²) in [4.78, 5) is 23.5. The van der Waals surface area contributed by atoms with Crippen LogP contribution in [0.5, 0.6) is 0 Å². The van der Waals surface area contributed by atoms with Crippen LogP contribution in [0.2, 0.25) is 0 Å². The second kappa shape index (κ2) is 4.81. The maximum atomic E-state index is 12.1. The first-order chi connectivity index (χ1) is 9.60. The van der Waals surface area contributed by atoms with Crippen LogP contribution in [0.1, 0.15) is 48.9 Å². The smallest absolute Gasteiger partial charge is 0.337 e. The predicted octanol–water partition coefficient (Wildman–Crippen LogP) is 2.84. The summed E-state index contributed by atoms with van der Waals surface area (Å²) < 4.78 is 0. The Bertz CT molecular complexity index is 562. The average molecular weight is 274 g/mol. The number of hydrogen-bond acceptors (Lipinski definition) is 3. The van der Waals surface area contributed by atoms with E-state index in [9.17, 15) is 14.7 Å². The molecular weight excluding hydrogens is 256 g/mol. The van der Waals surface area contributed by atoms with Gasteiger partial charge in [-0.3, -0.25) is 4.79 Å². The van der Waals surface area contributed by atoms with Crippen molar-refractivity contribution in [2.24, 2.45) is 0 Å². The summed E-state index contributed by atoms with van der Waals surface area (Å²) in [6, 6.07) is 4.97. The molecule has 0 aromatic heterocycles. The fourth-order valence-electron chi connectivity index (χ4n) is 3.31. The number of benzene rings is 1. The molecule has 1 aliphatic carbocycles. The number of carboxylic acids is 1. The average Bonchev–Trinajstić information content (AvgIpc) is 2.54. The van der Waals surface area contributed by atoms with Crippen LogP contribution in [-0.4, -0.2) is 22.5 Å². The standard InChI is InChI=1S/C15H18N2O3/c18-12-9-15(7-2-1-3-8-15)17-13-10(14(19)20)5-4-6-11(13)16-12/h4-6,17H,1-3,7-9H2,(H,16,18)(H,19,20). The summed E-state index contributed by atoms with van der Waals surface area (Å²) in [6.45, 7) is 0. The van der Waals surface area contributed by atoms with E-state index in [1.807, 2.05) is 0 Å². The summed E-state index contributed by atoms with van der Waals surface area (Å²) in [5, 5.41) is 15.5. The van der Waals surface area contributed by atoms with Crippen LogP contribution in [0.25, 0.3) is 0 Å². The molecule has 1 amide bonds. The minimum Gasteiger partial charge on any atom is -0.478 e. The topological polar surface area (TPSA) is 78.4 Å². The van der Waals surface area contributed by atoms with Crippen LogP contribution >= 0.6 is 0 Å². The van der Waals surface area contributed by atoms with E-state index in [2.05, 4.69) is 10.6 Å². The van der Waals surface area contributed by atoms with Gasteiger partial charge in [0.25, 0.3) is 0 Å². The van der Waals surface area contributed by atoms with Gasteiger partial charge in [-0.15, -0.1) is 0 Å². The van der Waals surface area contributed by atoms with E-state index >= 15 is 0 Å². The number of anilines is 2. The van der Waals surface area contributed by atoms with Crippen LogP contribution in [0.15, 0.2) is 18.2 Å². The molecule has 1 saturated carbocycles. The maximum Gasteiger partial charge on any atom is 0.337 e. The third-order valence-corrected chi connectivity index (χ3v) is 4.27. The first-order valence-corrected chi connectivity index (χ1v) is 7.04. The number of carboxylic acid groups (broad SMARTS) is 1. The lowest BCUT2D eigenvalue weighted by atomic mass is 9.79. The summed E-state index contributed by atoms with van der Waals surface area (Å²) >= 11 is 0. The SMILES string of the molecule is O=C1CC2(CCCCC2)Nc2c(cccc2C(=O)O)N1. The maximum absolute atomic E-state index is 12.1. The van der Waals surface area contributed by atoms with Gasteiger partial charge in [0.05, 0.1) is 16.9 Å². The molecule has 5 heteroatoms. The van der Waals surface area contributed by atoms with Crippen LogP contribution in [-0.2, 0) is 4.79 Å². The lowest BCUT2D eigenvalue weighted by molar-refractivity contribution is -0.117. The molecule has 3 N–H and O–H groups in total. The number of rotatable bonds is 1. The van der Waals surface area contributed by atoms with E-state index in [1.54, 1.807) is 18.2 Å². The number of para-hydroxylation sites is 1. The molecule has 1 heterocycles. The Hall–Kier alpha value is -2.04. The van der Waals surface area contributed by atoms with Crippen LogP contribution < -0.4 is 10.6 Å². The van der Waals surface area contributed by atoms with Gasteiger partial charge in [0.1, 0.15) is 0 Å². The molecule has 1 aliphatic heterocycles. The number of carbonyl (C=O) groups excluding carboxylic acids is 1. The third kappa shape index (κ3) is 2.24. The normalized spacial score (nSPS) is 20.5. The van der Waals surface area contributed by atoms with Crippen molar-refractivity contribution in [3.8, 4) is 0 Å². The first-order valence-electron chi connectivity index (χ1n) is 7.04. The number of aromatic carboxylic acids is 1. The molecular formula is C15H18N2O3. The minimum atomic E-state index is -0.976. The molecule has 2 aliphatic rings. The predicted molar refractivity (Wildman–Crippen MR) is 76.1 cm³/mol.